The van der Waals surface area contributed by atoms with Crippen molar-refractivity contribution in [2.75, 3.05) is 6.54 Å². The maximum Gasteiger partial charge on any atom is 0.416 e. The van der Waals surface area contributed by atoms with Crippen LogP contribution < -0.4 is 0 Å². The van der Waals surface area contributed by atoms with Gasteiger partial charge in [0.1, 0.15) is 0 Å². The lowest BCUT2D eigenvalue weighted by atomic mass is 9.82. The smallest absolute Gasteiger partial charge is 0.416 e. The van der Waals surface area contributed by atoms with Gasteiger partial charge in [0.05, 0.1) is 5.56 Å². The number of carbonyl (C=O) groups is 1. The van der Waals surface area contributed by atoms with Crippen molar-refractivity contribution < 1.29 is 23.1 Å². The monoisotopic (exact) mass is 479 g/mol. The van der Waals surface area contributed by atoms with Gasteiger partial charge in [-0.25, -0.2) is 0 Å². The summed E-state index contributed by atoms with van der Waals surface area (Å²) >= 11 is 6.56. The predicted octanol–water partition coefficient (Wildman–Crippen LogP) is 7.68. The van der Waals surface area contributed by atoms with E-state index in [9.17, 15) is 23.1 Å². The molecule has 0 bridgehead atoms. The molecule has 1 N–H and O–H groups in total. The van der Waals surface area contributed by atoms with Crippen molar-refractivity contribution in [3.05, 3.63) is 82.4 Å². The lowest BCUT2D eigenvalue weighted by Gasteiger charge is -2.44. The number of alkyl halides is 3. The topological polar surface area (TPSA) is 40.5 Å². The zero-order valence-corrected chi connectivity index (χ0v) is 19.4. The fraction of sp³-hybridized carbons (Fsp3) is 0.423. The van der Waals surface area contributed by atoms with Gasteiger partial charge in [-0.1, -0.05) is 47.5 Å². The van der Waals surface area contributed by atoms with Crippen LogP contribution in [0.25, 0.3) is 0 Å². The first kappa shape index (κ1) is 25.3. The van der Waals surface area contributed by atoms with Crippen molar-refractivity contribution in [1.82, 2.24) is 4.90 Å². The number of allylic oxidation sites excluding steroid dienone is 1. The van der Waals surface area contributed by atoms with E-state index in [-0.39, 0.29) is 24.4 Å². The molecular weight excluding hydrogens is 451 g/mol. The molecular formula is C26H29ClF3NO2. The van der Waals surface area contributed by atoms with Crippen LogP contribution in [0.3, 0.4) is 0 Å². The van der Waals surface area contributed by atoms with Gasteiger partial charge in [-0.05, 0) is 74.4 Å². The average molecular weight is 480 g/mol. The highest BCUT2D eigenvalue weighted by Gasteiger charge is 2.36. The van der Waals surface area contributed by atoms with Crippen LogP contribution in [-0.4, -0.2) is 22.5 Å². The molecule has 3 atom stereocenters. The van der Waals surface area contributed by atoms with Crippen molar-refractivity contribution in [2.24, 2.45) is 5.92 Å². The number of hydrogen-bond acceptors (Lipinski definition) is 2. The Balaban J connectivity index is 2.00. The van der Waals surface area contributed by atoms with Gasteiger partial charge in [0.2, 0.25) is 0 Å². The quantitative estimate of drug-likeness (QED) is 0.394. The first-order valence-electron chi connectivity index (χ1n) is 11.1. The van der Waals surface area contributed by atoms with Crippen LogP contribution >= 0.6 is 11.6 Å². The minimum absolute atomic E-state index is 0.0425. The van der Waals surface area contributed by atoms with Crippen LogP contribution in [0.15, 0.2) is 60.7 Å². The van der Waals surface area contributed by atoms with E-state index in [0.717, 1.165) is 41.7 Å². The van der Waals surface area contributed by atoms with E-state index in [1.54, 1.807) is 0 Å². The van der Waals surface area contributed by atoms with Crippen LogP contribution in [0, 0.1) is 5.92 Å². The third-order valence-electron chi connectivity index (χ3n) is 6.35. The molecule has 7 heteroatoms. The normalized spacial score (nSPS) is 20.4. The molecule has 1 aliphatic rings. The van der Waals surface area contributed by atoms with Crippen LogP contribution in [-0.2, 0) is 11.0 Å². The van der Waals surface area contributed by atoms with Crippen molar-refractivity contribution in [3.8, 4) is 0 Å². The molecule has 0 spiro atoms. The molecule has 0 radical (unpaired) electrons. The second-order valence-electron chi connectivity index (χ2n) is 8.89. The fourth-order valence-corrected chi connectivity index (χ4v) is 4.97. The summed E-state index contributed by atoms with van der Waals surface area (Å²) in [5.74, 6) is -0.899. The molecule has 0 aromatic heterocycles. The Morgan fingerprint density at radius 2 is 1.88 bits per heavy atom. The molecule has 1 fully saturated rings. The van der Waals surface area contributed by atoms with Crippen LogP contribution in [0.1, 0.15) is 67.8 Å². The predicted molar refractivity (Wildman–Crippen MR) is 124 cm³/mol. The maximum atomic E-state index is 13.1. The number of carboxylic acid groups (broad SMARTS) is 1. The molecule has 33 heavy (non-hydrogen) atoms. The average Bonchev–Trinajstić information content (AvgIpc) is 2.74. The summed E-state index contributed by atoms with van der Waals surface area (Å²) < 4.78 is 39.3. The van der Waals surface area contributed by atoms with E-state index in [1.807, 2.05) is 31.2 Å². The maximum absolute atomic E-state index is 13.1. The Morgan fingerprint density at radius 3 is 2.45 bits per heavy atom. The van der Waals surface area contributed by atoms with E-state index < -0.39 is 17.7 Å². The van der Waals surface area contributed by atoms with Crippen LogP contribution in [0.4, 0.5) is 13.2 Å². The standard InChI is InChI=1S/C26H29ClF3NO2/c1-17(2)7-12-23(21-5-3-4-6-22(21)27)31-14-13-18(16-25(32)33)15-24(31)19-8-10-20(11-9-19)26(28,29)30/h3-6,8-11,18,23-24H,1,7,12-16H2,2H3,(H,32,33). The third-order valence-corrected chi connectivity index (χ3v) is 6.69. The summed E-state index contributed by atoms with van der Waals surface area (Å²) in [6, 6.07) is 12.6. The zero-order chi connectivity index (χ0) is 24.2. The number of aliphatic carboxylic acids is 1. The second-order valence-corrected chi connectivity index (χ2v) is 9.30. The summed E-state index contributed by atoms with van der Waals surface area (Å²) in [6.07, 6.45) is -1.54. The van der Waals surface area contributed by atoms with Gasteiger partial charge in [-0.2, -0.15) is 13.2 Å². The minimum atomic E-state index is -4.40. The Hall–Kier alpha value is -2.31. The molecule has 3 nitrogen and oxygen atoms in total. The van der Waals surface area contributed by atoms with E-state index in [1.165, 1.54) is 12.1 Å². The van der Waals surface area contributed by atoms with Crippen molar-refractivity contribution in [2.45, 2.75) is 57.3 Å². The largest absolute Gasteiger partial charge is 0.481 e. The molecule has 0 amide bonds. The first-order chi connectivity index (χ1) is 15.6. The van der Waals surface area contributed by atoms with Gasteiger partial charge in [0, 0.05) is 23.5 Å². The number of carboxylic acids is 1. The molecule has 178 valence electrons. The fourth-order valence-electron chi connectivity index (χ4n) is 4.71. The zero-order valence-electron chi connectivity index (χ0n) is 18.6. The molecule has 0 aliphatic carbocycles. The molecule has 2 aromatic carbocycles. The van der Waals surface area contributed by atoms with Crippen molar-refractivity contribution >= 4 is 17.6 Å². The molecule has 3 unspecified atom stereocenters. The number of piperidine rings is 1. The molecule has 0 saturated carbocycles. The molecule has 1 saturated heterocycles. The molecule has 1 heterocycles. The number of hydrogen-bond donors (Lipinski definition) is 1. The minimum Gasteiger partial charge on any atom is -0.481 e. The summed E-state index contributed by atoms with van der Waals surface area (Å²) in [5, 5.41) is 9.96. The number of likely N-dealkylation sites (tertiary alicyclic amines) is 1. The van der Waals surface area contributed by atoms with Crippen LogP contribution in [0.5, 0.6) is 0 Å². The molecule has 2 aromatic rings. The van der Waals surface area contributed by atoms with Crippen molar-refractivity contribution in [1.29, 1.82) is 0 Å². The van der Waals surface area contributed by atoms with Crippen LogP contribution in [0.2, 0.25) is 5.02 Å². The Bertz CT molecular complexity index is 974. The number of nitrogens with zero attached hydrogens (tertiary/aromatic N) is 1. The van der Waals surface area contributed by atoms with Crippen molar-refractivity contribution in [3.63, 3.8) is 0 Å². The highest BCUT2D eigenvalue weighted by molar-refractivity contribution is 6.31. The summed E-state index contributed by atoms with van der Waals surface area (Å²) in [4.78, 5) is 13.6. The van der Waals surface area contributed by atoms with Gasteiger partial charge in [0.15, 0.2) is 0 Å². The van der Waals surface area contributed by atoms with Gasteiger partial charge >= 0.3 is 12.1 Å². The van der Waals surface area contributed by atoms with Gasteiger partial charge in [-0.3, -0.25) is 9.69 Å². The van der Waals surface area contributed by atoms with E-state index >= 15 is 0 Å². The summed E-state index contributed by atoms with van der Waals surface area (Å²) in [5.41, 5.74) is 2.07. The van der Waals surface area contributed by atoms with E-state index in [0.29, 0.717) is 24.4 Å². The van der Waals surface area contributed by atoms with Gasteiger partial charge in [0.25, 0.3) is 0 Å². The summed E-state index contributed by atoms with van der Waals surface area (Å²) in [6.45, 7) is 6.62. The number of rotatable bonds is 8. The Labute approximate surface area is 197 Å². The molecule has 3 rings (SSSR count). The van der Waals surface area contributed by atoms with E-state index in [4.69, 9.17) is 11.6 Å². The summed E-state index contributed by atoms with van der Waals surface area (Å²) in [7, 11) is 0. The number of halogens is 4. The Morgan fingerprint density at radius 1 is 1.21 bits per heavy atom. The third kappa shape index (κ3) is 6.61. The van der Waals surface area contributed by atoms with E-state index in [2.05, 4.69) is 11.5 Å². The second kappa shape index (κ2) is 10.7. The van der Waals surface area contributed by atoms with Gasteiger partial charge < -0.3 is 5.11 Å². The highest BCUT2D eigenvalue weighted by Crippen LogP contribution is 2.44. The lowest BCUT2D eigenvalue weighted by Crippen LogP contribution is -2.40. The Kier molecular flexibility index (Phi) is 8.24. The van der Waals surface area contributed by atoms with Gasteiger partial charge in [-0.15, -0.1) is 6.58 Å². The highest BCUT2D eigenvalue weighted by atomic mass is 35.5. The number of benzene rings is 2. The first-order valence-corrected chi connectivity index (χ1v) is 11.5. The molecule has 1 aliphatic heterocycles. The SMILES string of the molecule is C=C(C)CCC(c1ccccc1Cl)N1CCC(CC(=O)O)CC1c1ccc(C(F)(F)F)cc1. The lowest BCUT2D eigenvalue weighted by molar-refractivity contribution is -0.139.